The van der Waals surface area contributed by atoms with Crippen LogP contribution in [0.3, 0.4) is 0 Å². The van der Waals surface area contributed by atoms with Gasteiger partial charge in [0.15, 0.2) is 5.79 Å². The molecule has 2 heteroatoms. The molecule has 0 unspecified atom stereocenters. The molecule has 0 amide bonds. The Morgan fingerprint density at radius 1 is 1.18 bits per heavy atom. The number of hydrogen-bond donors (Lipinski definition) is 2. The monoisotopic (exact) mass is 151 g/mol. The van der Waals surface area contributed by atoms with E-state index in [1.54, 1.807) is 0 Å². The van der Waals surface area contributed by atoms with Gasteiger partial charge in [0.1, 0.15) is 0 Å². The van der Waals surface area contributed by atoms with Gasteiger partial charge in [0.2, 0.25) is 0 Å². The standard InChI is InChI=1S/C9H11O2/c1-9(10,11)7-8-5-3-2-4-6-8/h2-6,10-11H,1,7H2. The molecule has 0 heterocycles. The second-order valence-electron chi connectivity index (χ2n) is 2.64. The molecule has 0 aromatic heterocycles. The Bertz CT molecular complexity index is 211. The van der Waals surface area contributed by atoms with Gasteiger partial charge in [-0.25, -0.2) is 0 Å². The second-order valence-corrected chi connectivity index (χ2v) is 2.64. The van der Waals surface area contributed by atoms with Crippen LogP contribution in [0, 0.1) is 6.92 Å². The average Bonchev–Trinajstić information content (AvgIpc) is 1.85. The lowest BCUT2D eigenvalue weighted by Gasteiger charge is -2.14. The van der Waals surface area contributed by atoms with Crippen molar-refractivity contribution < 1.29 is 10.2 Å². The summed E-state index contributed by atoms with van der Waals surface area (Å²) >= 11 is 0. The van der Waals surface area contributed by atoms with Crippen LogP contribution in [0.15, 0.2) is 30.3 Å². The Labute approximate surface area is 66.1 Å². The van der Waals surface area contributed by atoms with E-state index in [1.807, 2.05) is 30.3 Å². The van der Waals surface area contributed by atoms with Crippen LogP contribution in [-0.2, 0) is 6.42 Å². The first-order chi connectivity index (χ1) is 5.08. The van der Waals surface area contributed by atoms with Gasteiger partial charge >= 0.3 is 0 Å². The fraction of sp³-hybridized carbons (Fsp3) is 0.222. The molecular formula is C9H11O2. The molecule has 1 aromatic rings. The summed E-state index contributed by atoms with van der Waals surface area (Å²) in [5.41, 5.74) is 0.868. The van der Waals surface area contributed by atoms with Gasteiger partial charge in [-0.05, 0) is 5.56 Å². The highest BCUT2D eigenvalue weighted by Gasteiger charge is 2.14. The summed E-state index contributed by atoms with van der Waals surface area (Å²) < 4.78 is 0. The lowest BCUT2D eigenvalue weighted by molar-refractivity contribution is -0.119. The number of rotatable bonds is 2. The van der Waals surface area contributed by atoms with Crippen molar-refractivity contribution >= 4 is 0 Å². The topological polar surface area (TPSA) is 40.5 Å². The quantitative estimate of drug-likeness (QED) is 0.612. The van der Waals surface area contributed by atoms with Crippen molar-refractivity contribution in [1.29, 1.82) is 0 Å². The molecule has 0 aliphatic heterocycles. The van der Waals surface area contributed by atoms with E-state index in [0.29, 0.717) is 0 Å². The Morgan fingerprint density at radius 2 is 1.73 bits per heavy atom. The normalized spacial score (nSPS) is 11.5. The minimum absolute atomic E-state index is 0.161. The summed E-state index contributed by atoms with van der Waals surface area (Å²) in [6, 6.07) is 9.23. The van der Waals surface area contributed by atoms with Crippen molar-refractivity contribution in [1.82, 2.24) is 0 Å². The summed E-state index contributed by atoms with van der Waals surface area (Å²) in [6.07, 6.45) is 0.161. The molecule has 0 aliphatic rings. The van der Waals surface area contributed by atoms with Crippen LogP contribution in [-0.4, -0.2) is 16.0 Å². The highest BCUT2D eigenvalue weighted by molar-refractivity contribution is 5.16. The fourth-order valence-electron chi connectivity index (χ4n) is 0.923. The van der Waals surface area contributed by atoms with Crippen molar-refractivity contribution in [2.24, 2.45) is 0 Å². The zero-order valence-corrected chi connectivity index (χ0v) is 6.20. The van der Waals surface area contributed by atoms with Crippen LogP contribution in [0.4, 0.5) is 0 Å². The first-order valence-electron chi connectivity index (χ1n) is 3.42. The van der Waals surface area contributed by atoms with E-state index >= 15 is 0 Å². The van der Waals surface area contributed by atoms with Gasteiger partial charge in [0.05, 0.1) is 0 Å². The second kappa shape index (κ2) is 3.03. The zero-order valence-electron chi connectivity index (χ0n) is 6.20. The van der Waals surface area contributed by atoms with Gasteiger partial charge in [-0.1, -0.05) is 30.3 Å². The van der Waals surface area contributed by atoms with E-state index < -0.39 is 5.79 Å². The van der Waals surface area contributed by atoms with Crippen molar-refractivity contribution in [3.8, 4) is 0 Å². The van der Waals surface area contributed by atoms with E-state index in [2.05, 4.69) is 6.92 Å². The van der Waals surface area contributed by atoms with Crippen LogP contribution in [0.25, 0.3) is 0 Å². The first-order valence-corrected chi connectivity index (χ1v) is 3.42. The largest absolute Gasteiger partial charge is 0.365 e. The SMILES string of the molecule is [CH2]C(O)(O)Cc1ccccc1. The van der Waals surface area contributed by atoms with Crippen molar-refractivity contribution in [3.63, 3.8) is 0 Å². The highest BCUT2D eigenvalue weighted by Crippen LogP contribution is 2.08. The summed E-state index contributed by atoms with van der Waals surface area (Å²) in [6.45, 7) is 3.18. The summed E-state index contributed by atoms with van der Waals surface area (Å²) in [5.74, 6) is -1.85. The third-order valence-electron chi connectivity index (χ3n) is 1.33. The third-order valence-corrected chi connectivity index (χ3v) is 1.33. The van der Waals surface area contributed by atoms with E-state index in [-0.39, 0.29) is 6.42 Å². The lowest BCUT2D eigenvalue weighted by Crippen LogP contribution is -2.26. The Morgan fingerprint density at radius 3 is 2.18 bits per heavy atom. The fourth-order valence-corrected chi connectivity index (χ4v) is 0.923. The van der Waals surface area contributed by atoms with E-state index in [4.69, 9.17) is 10.2 Å². The Hall–Kier alpha value is -0.860. The maximum absolute atomic E-state index is 8.92. The van der Waals surface area contributed by atoms with Crippen LogP contribution < -0.4 is 0 Å². The van der Waals surface area contributed by atoms with E-state index in [1.165, 1.54) is 0 Å². The Balaban J connectivity index is 2.66. The number of benzene rings is 1. The molecule has 0 saturated carbocycles. The molecule has 11 heavy (non-hydrogen) atoms. The maximum atomic E-state index is 8.92. The van der Waals surface area contributed by atoms with Gasteiger partial charge < -0.3 is 10.2 Å². The molecule has 2 nitrogen and oxygen atoms in total. The van der Waals surface area contributed by atoms with Gasteiger partial charge in [-0.2, -0.15) is 0 Å². The third kappa shape index (κ3) is 3.16. The van der Waals surface area contributed by atoms with Crippen molar-refractivity contribution in [2.45, 2.75) is 12.2 Å². The predicted molar refractivity (Wildman–Crippen MR) is 42.7 cm³/mol. The first kappa shape index (κ1) is 8.24. The molecule has 0 fully saturated rings. The van der Waals surface area contributed by atoms with Gasteiger partial charge in [0.25, 0.3) is 0 Å². The molecule has 1 aromatic carbocycles. The molecule has 0 atom stereocenters. The van der Waals surface area contributed by atoms with Crippen molar-refractivity contribution in [2.75, 3.05) is 0 Å². The molecule has 0 spiro atoms. The molecule has 0 aliphatic carbocycles. The van der Waals surface area contributed by atoms with Crippen LogP contribution >= 0.6 is 0 Å². The van der Waals surface area contributed by atoms with Crippen molar-refractivity contribution in [3.05, 3.63) is 42.8 Å². The minimum atomic E-state index is -1.85. The van der Waals surface area contributed by atoms with E-state index in [0.717, 1.165) is 5.56 Å². The van der Waals surface area contributed by atoms with Crippen LogP contribution in [0.1, 0.15) is 5.56 Å². The van der Waals surface area contributed by atoms with Gasteiger partial charge in [-0.15, -0.1) is 0 Å². The van der Waals surface area contributed by atoms with Crippen LogP contribution in [0.2, 0.25) is 0 Å². The number of aliphatic hydroxyl groups is 2. The molecule has 2 N–H and O–H groups in total. The highest BCUT2D eigenvalue weighted by atomic mass is 16.5. The van der Waals surface area contributed by atoms with E-state index in [9.17, 15) is 0 Å². The minimum Gasteiger partial charge on any atom is -0.365 e. The zero-order chi connectivity index (χ0) is 8.32. The lowest BCUT2D eigenvalue weighted by atomic mass is 10.1. The van der Waals surface area contributed by atoms with Gasteiger partial charge in [-0.3, -0.25) is 0 Å². The molecule has 0 bridgehead atoms. The average molecular weight is 151 g/mol. The molecule has 59 valence electrons. The summed E-state index contributed by atoms with van der Waals surface area (Å²) in [5, 5.41) is 17.8. The Kier molecular flexibility index (Phi) is 2.27. The summed E-state index contributed by atoms with van der Waals surface area (Å²) in [7, 11) is 0. The maximum Gasteiger partial charge on any atom is 0.166 e. The predicted octanol–water partition coefficient (Wildman–Crippen LogP) is 0.744. The smallest absolute Gasteiger partial charge is 0.166 e. The summed E-state index contributed by atoms with van der Waals surface area (Å²) in [4.78, 5) is 0. The van der Waals surface area contributed by atoms with Gasteiger partial charge in [0, 0.05) is 13.3 Å². The molecular weight excluding hydrogens is 140 g/mol. The molecule has 1 rings (SSSR count). The number of hydrogen-bond acceptors (Lipinski definition) is 2. The molecule has 0 saturated heterocycles. The van der Waals surface area contributed by atoms with Crippen LogP contribution in [0.5, 0.6) is 0 Å². The molecule has 1 radical (unpaired) electrons.